The van der Waals surface area contributed by atoms with Crippen LogP contribution in [0.3, 0.4) is 0 Å². The molecule has 0 saturated carbocycles. The average molecular weight is 250 g/mol. The molecule has 0 radical (unpaired) electrons. The van der Waals surface area contributed by atoms with Crippen LogP contribution in [0.25, 0.3) is 0 Å². The molecule has 0 atom stereocenters. The minimum absolute atomic E-state index is 0.143. The molecule has 0 aliphatic carbocycles. The first-order chi connectivity index (χ1) is 7.81. The molecule has 1 aliphatic rings. The number of carbonyl (C=O) groups is 1. The van der Waals surface area contributed by atoms with Crippen LogP contribution >= 0.6 is 0 Å². The molecule has 1 rings (SSSR count). The summed E-state index contributed by atoms with van der Waals surface area (Å²) in [6, 6.07) is 1.85. The molecule has 0 unspecified atom stereocenters. The van der Waals surface area contributed by atoms with Crippen molar-refractivity contribution >= 4 is 5.91 Å². The van der Waals surface area contributed by atoms with Crippen LogP contribution in [-0.2, 0) is 9.53 Å². The van der Waals surface area contributed by atoms with Crippen molar-refractivity contribution in [3.8, 4) is 6.07 Å². The van der Waals surface area contributed by atoms with Gasteiger partial charge in [-0.2, -0.15) is 18.4 Å². The summed E-state index contributed by atoms with van der Waals surface area (Å²) >= 11 is 0. The molecule has 1 saturated heterocycles. The zero-order chi connectivity index (χ0) is 13.1. The molecule has 17 heavy (non-hydrogen) atoms. The van der Waals surface area contributed by atoms with Gasteiger partial charge in [-0.15, -0.1) is 0 Å². The van der Waals surface area contributed by atoms with Crippen molar-refractivity contribution in [1.82, 2.24) is 4.90 Å². The van der Waals surface area contributed by atoms with Crippen LogP contribution in [0.15, 0.2) is 0 Å². The minimum Gasteiger partial charge on any atom is -0.381 e. The fraction of sp³-hybridized carbons (Fsp3) is 0.800. The van der Waals surface area contributed by atoms with E-state index >= 15 is 0 Å². The summed E-state index contributed by atoms with van der Waals surface area (Å²) < 4.78 is 41.5. The quantitative estimate of drug-likeness (QED) is 0.742. The molecule has 0 aromatic carbocycles. The summed E-state index contributed by atoms with van der Waals surface area (Å²) in [5, 5.41) is 9.02. The molecular formula is C10H13F3N2O2. The lowest BCUT2D eigenvalue weighted by atomic mass is 9.80. The van der Waals surface area contributed by atoms with Gasteiger partial charge in [0.25, 0.3) is 0 Å². The van der Waals surface area contributed by atoms with E-state index in [1.165, 1.54) is 0 Å². The lowest BCUT2D eigenvalue weighted by molar-refractivity contribution is -0.165. The van der Waals surface area contributed by atoms with Gasteiger partial charge in [-0.25, -0.2) is 0 Å². The Morgan fingerprint density at radius 2 is 2.00 bits per heavy atom. The standard InChI is InChI=1S/C10H13F3N2O2/c1-15(7-10(11,12)13)8(16)9(6-14)2-4-17-5-3-9/h2-5,7H2,1H3. The van der Waals surface area contributed by atoms with E-state index in [0.29, 0.717) is 4.90 Å². The van der Waals surface area contributed by atoms with Gasteiger partial charge in [-0.05, 0) is 12.8 Å². The van der Waals surface area contributed by atoms with E-state index in [-0.39, 0.29) is 26.1 Å². The highest BCUT2D eigenvalue weighted by Gasteiger charge is 2.44. The van der Waals surface area contributed by atoms with Crippen LogP contribution in [0.4, 0.5) is 13.2 Å². The van der Waals surface area contributed by atoms with Gasteiger partial charge in [-0.1, -0.05) is 0 Å². The lowest BCUT2D eigenvalue weighted by Crippen LogP contribution is -2.47. The average Bonchev–Trinajstić information content (AvgIpc) is 2.26. The van der Waals surface area contributed by atoms with E-state index in [4.69, 9.17) is 10.00 Å². The van der Waals surface area contributed by atoms with Crippen molar-refractivity contribution in [1.29, 1.82) is 5.26 Å². The van der Waals surface area contributed by atoms with Gasteiger partial charge in [0.05, 0.1) is 6.07 Å². The molecule has 4 nitrogen and oxygen atoms in total. The normalized spacial score (nSPS) is 19.5. The highest BCUT2D eigenvalue weighted by molar-refractivity contribution is 5.85. The number of alkyl halides is 3. The molecule has 7 heteroatoms. The topological polar surface area (TPSA) is 53.3 Å². The van der Waals surface area contributed by atoms with Crippen molar-refractivity contribution < 1.29 is 22.7 Å². The SMILES string of the molecule is CN(CC(F)(F)F)C(=O)C1(C#N)CCOCC1. The molecule has 0 N–H and O–H groups in total. The number of ether oxygens (including phenoxy) is 1. The third-order valence-electron chi connectivity index (χ3n) is 2.73. The van der Waals surface area contributed by atoms with Gasteiger partial charge in [0.15, 0.2) is 0 Å². The maximum Gasteiger partial charge on any atom is 0.406 e. The zero-order valence-electron chi connectivity index (χ0n) is 9.38. The number of nitrogens with zero attached hydrogens (tertiary/aromatic N) is 2. The summed E-state index contributed by atoms with van der Waals surface area (Å²) in [4.78, 5) is 12.4. The molecule has 0 aromatic rings. The first kappa shape index (κ1) is 13.8. The van der Waals surface area contributed by atoms with E-state index in [9.17, 15) is 18.0 Å². The number of nitriles is 1. The number of amides is 1. The Morgan fingerprint density at radius 1 is 1.47 bits per heavy atom. The number of rotatable bonds is 2. The van der Waals surface area contributed by atoms with Crippen LogP contribution in [-0.4, -0.2) is 43.8 Å². The first-order valence-corrected chi connectivity index (χ1v) is 5.12. The molecular weight excluding hydrogens is 237 g/mol. The Labute approximate surface area is 96.9 Å². The van der Waals surface area contributed by atoms with E-state index in [2.05, 4.69) is 0 Å². The van der Waals surface area contributed by atoms with E-state index in [0.717, 1.165) is 7.05 Å². The molecule has 0 aromatic heterocycles. The molecule has 1 aliphatic heterocycles. The van der Waals surface area contributed by atoms with Gasteiger partial charge in [0.2, 0.25) is 5.91 Å². The predicted molar refractivity (Wildman–Crippen MR) is 51.8 cm³/mol. The summed E-state index contributed by atoms with van der Waals surface area (Å²) in [7, 11) is 1.06. The first-order valence-electron chi connectivity index (χ1n) is 5.12. The number of hydrogen-bond donors (Lipinski definition) is 0. The van der Waals surface area contributed by atoms with Crippen LogP contribution < -0.4 is 0 Å². The Balaban J connectivity index is 2.76. The van der Waals surface area contributed by atoms with Gasteiger partial charge in [-0.3, -0.25) is 4.79 Å². The van der Waals surface area contributed by atoms with Gasteiger partial charge in [0.1, 0.15) is 12.0 Å². The van der Waals surface area contributed by atoms with Crippen molar-refractivity contribution in [3.63, 3.8) is 0 Å². The second-order valence-electron chi connectivity index (χ2n) is 4.08. The highest BCUT2D eigenvalue weighted by Crippen LogP contribution is 2.32. The molecule has 0 spiro atoms. The van der Waals surface area contributed by atoms with Crippen LogP contribution in [0, 0.1) is 16.7 Å². The van der Waals surface area contributed by atoms with Crippen molar-refractivity contribution in [2.45, 2.75) is 19.0 Å². The molecule has 96 valence electrons. The summed E-state index contributed by atoms with van der Waals surface area (Å²) in [6.45, 7) is -0.894. The monoisotopic (exact) mass is 250 g/mol. The smallest absolute Gasteiger partial charge is 0.381 e. The third-order valence-corrected chi connectivity index (χ3v) is 2.73. The zero-order valence-corrected chi connectivity index (χ0v) is 9.38. The van der Waals surface area contributed by atoms with Crippen LogP contribution in [0.5, 0.6) is 0 Å². The number of halogens is 3. The van der Waals surface area contributed by atoms with Crippen LogP contribution in [0.1, 0.15) is 12.8 Å². The van der Waals surface area contributed by atoms with Crippen molar-refractivity contribution in [3.05, 3.63) is 0 Å². The molecule has 1 heterocycles. The third kappa shape index (κ3) is 3.33. The van der Waals surface area contributed by atoms with Gasteiger partial charge >= 0.3 is 6.18 Å². The fourth-order valence-electron chi connectivity index (χ4n) is 1.80. The Hall–Kier alpha value is -1.29. The lowest BCUT2D eigenvalue weighted by Gasteiger charge is -2.33. The van der Waals surface area contributed by atoms with E-state index < -0.39 is 24.0 Å². The number of carbonyl (C=O) groups excluding carboxylic acids is 1. The highest BCUT2D eigenvalue weighted by atomic mass is 19.4. The van der Waals surface area contributed by atoms with Crippen molar-refractivity contribution in [2.24, 2.45) is 5.41 Å². The molecule has 1 amide bonds. The summed E-state index contributed by atoms with van der Waals surface area (Å²) in [5.41, 5.74) is -1.36. The van der Waals surface area contributed by atoms with Gasteiger partial charge in [0, 0.05) is 20.3 Å². The molecule has 0 bridgehead atoms. The van der Waals surface area contributed by atoms with E-state index in [1.54, 1.807) is 0 Å². The Kier molecular flexibility index (Phi) is 3.98. The Bertz CT molecular complexity index is 329. The maximum atomic E-state index is 12.2. The predicted octanol–water partition coefficient (Wildman–Crippen LogP) is 1.33. The summed E-state index contributed by atoms with van der Waals surface area (Å²) in [5.74, 6) is -0.777. The number of hydrogen-bond acceptors (Lipinski definition) is 3. The van der Waals surface area contributed by atoms with Crippen molar-refractivity contribution in [2.75, 3.05) is 26.8 Å². The molecule has 1 fully saturated rings. The second-order valence-corrected chi connectivity index (χ2v) is 4.08. The van der Waals surface area contributed by atoms with Gasteiger partial charge < -0.3 is 9.64 Å². The Morgan fingerprint density at radius 3 is 2.41 bits per heavy atom. The maximum absolute atomic E-state index is 12.2. The van der Waals surface area contributed by atoms with E-state index in [1.807, 2.05) is 6.07 Å². The second kappa shape index (κ2) is 4.92. The fourth-order valence-corrected chi connectivity index (χ4v) is 1.80. The largest absolute Gasteiger partial charge is 0.406 e. The minimum atomic E-state index is -4.45. The summed E-state index contributed by atoms with van der Waals surface area (Å²) in [6.07, 6.45) is -4.17. The van der Waals surface area contributed by atoms with Crippen LogP contribution in [0.2, 0.25) is 0 Å².